The lowest BCUT2D eigenvalue weighted by molar-refractivity contribution is 0.0525. The quantitative estimate of drug-likeness (QED) is 0.755. The van der Waals surface area contributed by atoms with Crippen molar-refractivity contribution in [3.05, 3.63) is 59.2 Å². The Hall–Kier alpha value is -2.87. The fourth-order valence-corrected chi connectivity index (χ4v) is 2.94. The van der Waals surface area contributed by atoms with Gasteiger partial charge in [-0.1, -0.05) is 18.2 Å². The summed E-state index contributed by atoms with van der Waals surface area (Å²) < 4.78 is 30.3. The molecule has 0 spiro atoms. The van der Waals surface area contributed by atoms with Crippen molar-refractivity contribution in [3.63, 3.8) is 0 Å². The Balaban J connectivity index is 2.32. The zero-order chi connectivity index (χ0) is 19.3. The van der Waals surface area contributed by atoms with Gasteiger partial charge in [-0.2, -0.15) is 0 Å². The Morgan fingerprint density at radius 2 is 1.62 bits per heavy atom. The van der Waals surface area contributed by atoms with Crippen molar-refractivity contribution in [3.8, 4) is 0 Å². The lowest BCUT2D eigenvalue weighted by Gasteiger charge is -2.14. The van der Waals surface area contributed by atoms with Crippen molar-refractivity contribution in [1.29, 1.82) is 0 Å². The molecule has 0 unspecified atom stereocenters. The van der Waals surface area contributed by atoms with Crippen LogP contribution >= 0.6 is 0 Å². The van der Waals surface area contributed by atoms with E-state index in [1.807, 2.05) is 0 Å². The molecule has 7 nitrogen and oxygen atoms in total. The summed E-state index contributed by atoms with van der Waals surface area (Å²) in [5, 5.41) is 2.71. The monoisotopic (exact) mass is 376 g/mol. The molecule has 0 fully saturated rings. The van der Waals surface area contributed by atoms with Gasteiger partial charge < -0.3 is 10.1 Å². The second-order valence-electron chi connectivity index (χ2n) is 5.57. The van der Waals surface area contributed by atoms with Crippen LogP contribution in [0.25, 0.3) is 0 Å². The molecule has 0 bridgehead atoms. The number of sulfonamides is 1. The average molecular weight is 376 g/mol. The van der Waals surface area contributed by atoms with Gasteiger partial charge in [0.1, 0.15) is 0 Å². The van der Waals surface area contributed by atoms with Gasteiger partial charge in [0.05, 0.1) is 29.7 Å². The van der Waals surface area contributed by atoms with Gasteiger partial charge >= 0.3 is 5.97 Å². The van der Waals surface area contributed by atoms with Crippen LogP contribution < -0.4 is 10.0 Å². The van der Waals surface area contributed by atoms with E-state index in [0.717, 1.165) is 6.26 Å². The predicted molar refractivity (Wildman–Crippen MR) is 100.0 cm³/mol. The molecule has 138 valence electrons. The van der Waals surface area contributed by atoms with E-state index in [1.54, 1.807) is 44.2 Å². The van der Waals surface area contributed by atoms with E-state index >= 15 is 0 Å². The van der Waals surface area contributed by atoms with Gasteiger partial charge in [0.15, 0.2) is 0 Å². The molecule has 0 aliphatic carbocycles. The first-order chi connectivity index (χ1) is 12.2. The third-order valence-corrected chi connectivity index (χ3v) is 4.14. The highest BCUT2D eigenvalue weighted by Gasteiger charge is 2.17. The van der Waals surface area contributed by atoms with E-state index in [4.69, 9.17) is 4.74 Å². The summed E-state index contributed by atoms with van der Waals surface area (Å²) in [6.45, 7) is 3.66. The van der Waals surface area contributed by atoms with Crippen LogP contribution in [0.3, 0.4) is 0 Å². The number of amides is 1. The molecule has 0 radical (unpaired) electrons. The summed E-state index contributed by atoms with van der Waals surface area (Å²) in [6, 6.07) is 11.2. The van der Waals surface area contributed by atoms with E-state index < -0.39 is 21.9 Å². The number of ether oxygens (including phenoxy) is 1. The van der Waals surface area contributed by atoms with E-state index in [2.05, 4.69) is 10.0 Å². The molecule has 8 heteroatoms. The SMILES string of the molecule is CCOC(=O)c1cccc(NC(=O)c2ccccc2NS(C)(=O)=O)c1C. The first-order valence-corrected chi connectivity index (χ1v) is 9.77. The predicted octanol–water partition coefficient (Wildman–Crippen LogP) is 2.80. The number of para-hydroxylation sites is 1. The molecule has 0 aliphatic rings. The number of esters is 1. The maximum Gasteiger partial charge on any atom is 0.338 e. The lowest BCUT2D eigenvalue weighted by Crippen LogP contribution is -2.18. The van der Waals surface area contributed by atoms with Crippen LogP contribution in [-0.4, -0.2) is 33.2 Å². The minimum absolute atomic E-state index is 0.166. The topological polar surface area (TPSA) is 102 Å². The normalized spacial score (nSPS) is 10.9. The molecule has 2 aromatic carbocycles. The molecule has 0 aliphatic heterocycles. The first-order valence-electron chi connectivity index (χ1n) is 7.88. The summed E-state index contributed by atoms with van der Waals surface area (Å²) >= 11 is 0. The number of carbonyl (C=O) groups is 2. The zero-order valence-electron chi connectivity index (χ0n) is 14.7. The van der Waals surface area contributed by atoms with Crippen LogP contribution in [0.4, 0.5) is 11.4 Å². The number of rotatable bonds is 6. The number of anilines is 2. The first kappa shape index (κ1) is 19.5. The zero-order valence-corrected chi connectivity index (χ0v) is 15.5. The summed E-state index contributed by atoms with van der Waals surface area (Å²) in [6.07, 6.45) is 1.01. The maximum atomic E-state index is 12.6. The van der Waals surface area contributed by atoms with E-state index in [9.17, 15) is 18.0 Å². The van der Waals surface area contributed by atoms with Crippen LogP contribution in [0.2, 0.25) is 0 Å². The van der Waals surface area contributed by atoms with Crippen molar-refractivity contribution in [2.24, 2.45) is 0 Å². The average Bonchev–Trinajstić information content (AvgIpc) is 2.56. The van der Waals surface area contributed by atoms with Crippen molar-refractivity contribution in [2.75, 3.05) is 22.9 Å². The second-order valence-corrected chi connectivity index (χ2v) is 7.32. The second kappa shape index (κ2) is 8.01. The van der Waals surface area contributed by atoms with Gasteiger partial charge in [-0.15, -0.1) is 0 Å². The minimum atomic E-state index is -3.53. The Kier molecular flexibility index (Phi) is 5.99. The van der Waals surface area contributed by atoms with Crippen LogP contribution in [0.15, 0.2) is 42.5 Å². The van der Waals surface area contributed by atoms with E-state index in [-0.39, 0.29) is 17.9 Å². The number of hydrogen-bond acceptors (Lipinski definition) is 5. The van der Waals surface area contributed by atoms with Gasteiger partial charge in [0.25, 0.3) is 5.91 Å². The number of hydrogen-bond donors (Lipinski definition) is 2. The van der Waals surface area contributed by atoms with Gasteiger partial charge in [0.2, 0.25) is 10.0 Å². The van der Waals surface area contributed by atoms with Crippen molar-refractivity contribution >= 4 is 33.3 Å². The summed E-state index contributed by atoms with van der Waals surface area (Å²) in [5.41, 5.74) is 1.69. The number of benzene rings is 2. The molecule has 0 saturated heterocycles. The molecule has 2 rings (SSSR count). The highest BCUT2D eigenvalue weighted by atomic mass is 32.2. The van der Waals surface area contributed by atoms with Crippen LogP contribution in [0.5, 0.6) is 0 Å². The van der Waals surface area contributed by atoms with Gasteiger partial charge in [-0.25, -0.2) is 13.2 Å². The summed E-state index contributed by atoms with van der Waals surface area (Å²) in [5.74, 6) is -0.971. The molecule has 2 N–H and O–H groups in total. The van der Waals surface area contributed by atoms with Crippen molar-refractivity contribution < 1.29 is 22.7 Å². The molecule has 0 saturated carbocycles. The highest BCUT2D eigenvalue weighted by molar-refractivity contribution is 7.92. The smallest absolute Gasteiger partial charge is 0.338 e. The molecule has 0 atom stereocenters. The van der Waals surface area contributed by atoms with Crippen LogP contribution in [0.1, 0.15) is 33.2 Å². The van der Waals surface area contributed by atoms with Gasteiger partial charge in [-0.05, 0) is 43.7 Å². The summed E-state index contributed by atoms with van der Waals surface area (Å²) in [4.78, 5) is 24.6. The van der Waals surface area contributed by atoms with Gasteiger partial charge in [-0.3, -0.25) is 9.52 Å². The molecule has 0 aromatic heterocycles. The fourth-order valence-electron chi connectivity index (χ4n) is 2.36. The molecule has 26 heavy (non-hydrogen) atoms. The number of nitrogens with one attached hydrogen (secondary N) is 2. The maximum absolute atomic E-state index is 12.6. The fraction of sp³-hybridized carbons (Fsp3) is 0.222. The highest BCUT2D eigenvalue weighted by Crippen LogP contribution is 2.23. The van der Waals surface area contributed by atoms with E-state index in [1.165, 1.54) is 12.1 Å². The molecule has 2 aromatic rings. The van der Waals surface area contributed by atoms with Gasteiger partial charge in [0, 0.05) is 5.69 Å². The minimum Gasteiger partial charge on any atom is -0.462 e. The Labute approximate surface area is 152 Å². The van der Waals surface area contributed by atoms with Crippen molar-refractivity contribution in [2.45, 2.75) is 13.8 Å². The van der Waals surface area contributed by atoms with E-state index in [0.29, 0.717) is 16.8 Å². The third-order valence-electron chi connectivity index (χ3n) is 3.54. The molecule has 0 heterocycles. The van der Waals surface area contributed by atoms with Crippen LogP contribution in [0, 0.1) is 6.92 Å². The Bertz CT molecular complexity index is 938. The summed E-state index contributed by atoms with van der Waals surface area (Å²) in [7, 11) is -3.53. The van der Waals surface area contributed by atoms with Crippen LogP contribution in [-0.2, 0) is 14.8 Å². The standard InChI is InChI=1S/C18H20N2O5S/c1-4-25-18(22)13-9-7-11-15(12(13)2)19-17(21)14-8-5-6-10-16(14)20-26(3,23)24/h5-11,20H,4H2,1-3H3,(H,19,21). The molecular formula is C18H20N2O5S. The largest absolute Gasteiger partial charge is 0.462 e. The molecule has 1 amide bonds. The Morgan fingerprint density at radius 3 is 2.27 bits per heavy atom. The lowest BCUT2D eigenvalue weighted by atomic mass is 10.1. The third kappa shape index (κ3) is 4.82. The number of carbonyl (C=O) groups excluding carboxylic acids is 2. The Morgan fingerprint density at radius 1 is 1.00 bits per heavy atom. The molecular weight excluding hydrogens is 356 g/mol. The van der Waals surface area contributed by atoms with Crippen molar-refractivity contribution in [1.82, 2.24) is 0 Å².